The Hall–Kier alpha value is -0.240. The van der Waals surface area contributed by atoms with E-state index in [1.165, 1.54) is 0 Å². The first-order valence-corrected chi connectivity index (χ1v) is 7.10. The summed E-state index contributed by atoms with van der Waals surface area (Å²) in [4.78, 5) is 0. The molecule has 108 valence electrons. The number of nitrogens with two attached hydrogens (primary N) is 3. The maximum absolute atomic E-state index is 5.55. The fourth-order valence-corrected chi connectivity index (χ4v) is 2.68. The van der Waals surface area contributed by atoms with Gasteiger partial charge in [0.2, 0.25) is 0 Å². The van der Waals surface area contributed by atoms with Gasteiger partial charge in [0.15, 0.2) is 0 Å². The van der Waals surface area contributed by atoms with Crippen LogP contribution >= 0.6 is 0 Å². The molecule has 6 nitrogen and oxygen atoms in total. The highest BCUT2D eigenvalue weighted by molar-refractivity contribution is 4.90. The molecule has 0 amide bonds. The van der Waals surface area contributed by atoms with Crippen LogP contribution < -0.4 is 33.2 Å². The summed E-state index contributed by atoms with van der Waals surface area (Å²) in [6.07, 6.45) is 3.46. The molecule has 0 spiro atoms. The lowest BCUT2D eigenvalue weighted by atomic mass is 9.87. The predicted octanol–water partition coefficient (Wildman–Crippen LogP) is -2.08. The van der Waals surface area contributed by atoms with Gasteiger partial charge in [-0.2, -0.15) is 0 Å². The molecule has 1 rings (SSSR count). The number of nitrogens with one attached hydrogen (secondary N) is 3. The van der Waals surface area contributed by atoms with E-state index in [1.54, 1.807) is 0 Å². The minimum absolute atomic E-state index is 0.535. The Balaban J connectivity index is 2.38. The van der Waals surface area contributed by atoms with E-state index >= 15 is 0 Å². The zero-order valence-electron chi connectivity index (χ0n) is 11.3. The Morgan fingerprint density at radius 3 is 1.11 bits per heavy atom. The third kappa shape index (κ3) is 6.08. The summed E-state index contributed by atoms with van der Waals surface area (Å²) in [5.74, 6) is 0. The molecule has 0 aromatic heterocycles. The first kappa shape index (κ1) is 15.8. The molecule has 1 aliphatic carbocycles. The SMILES string of the molecule is NCCNC1CC(NCCN)CC(NCCN)C1. The Morgan fingerprint density at radius 1 is 0.611 bits per heavy atom. The molecule has 18 heavy (non-hydrogen) atoms. The summed E-state index contributed by atoms with van der Waals surface area (Å²) in [6.45, 7) is 4.74. The van der Waals surface area contributed by atoms with Crippen LogP contribution in [0.15, 0.2) is 0 Å². The average Bonchev–Trinajstić information content (AvgIpc) is 2.40. The molecule has 1 aliphatic rings. The molecule has 0 bridgehead atoms. The van der Waals surface area contributed by atoms with Crippen molar-refractivity contribution < 1.29 is 0 Å². The van der Waals surface area contributed by atoms with E-state index in [1.807, 2.05) is 0 Å². The van der Waals surface area contributed by atoms with E-state index in [2.05, 4.69) is 16.0 Å². The van der Waals surface area contributed by atoms with E-state index in [0.29, 0.717) is 37.8 Å². The van der Waals surface area contributed by atoms with Crippen LogP contribution in [0, 0.1) is 0 Å². The number of rotatable bonds is 9. The molecule has 1 fully saturated rings. The zero-order valence-corrected chi connectivity index (χ0v) is 11.3. The van der Waals surface area contributed by atoms with Crippen molar-refractivity contribution in [2.24, 2.45) is 17.2 Å². The van der Waals surface area contributed by atoms with Gasteiger partial charge in [0, 0.05) is 57.4 Å². The third-order valence-corrected chi connectivity index (χ3v) is 3.44. The molecule has 1 saturated carbocycles. The van der Waals surface area contributed by atoms with Gasteiger partial charge >= 0.3 is 0 Å². The Bertz CT molecular complexity index is 162. The summed E-state index contributed by atoms with van der Waals surface area (Å²) < 4.78 is 0. The monoisotopic (exact) mass is 258 g/mol. The fourth-order valence-electron chi connectivity index (χ4n) is 2.68. The summed E-state index contributed by atoms with van der Waals surface area (Å²) in [6, 6.07) is 1.61. The summed E-state index contributed by atoms with van der Waals surface area (Å²) in [5, 5.41) is 10.5. The molecule has 0 aromatic rings. The van der Waals surface area contributed by atoms with Crippen molar-refractivity contribution in [1.29, 1.82) is 0 Å². The van der Waals surface area contributed by atoms with Crippen molar-refractivity contribution in [3.63, 3.8) is 0 Å². The first-order chi connectivity index (χ1) is 8.80. The Labute approximate surface area is 110 Å². The quantitative estimate of drug-likeness (QED) is 0.283. The van der Waals surface area contributed by atoms with Crippen LogP contribution in [-0.2, 0) is 0 Å². The van der Waals surface area contributed by atoms with Crippen molar-refractivity contribution in [2.45, 2.75) is 37.4 Å². The first-order valence-electron chi connectivity index (χ1n) is 7.10. The minimum atomic E-state index is 0.535. The average molecular weight is 258 g/mol. The maximum atomic E-state index is 5.55. The van der Waals surface area contributed by atoms with Crippen LogP contribution in [0.1, 0.15) is 19.3 Å². The maximum Gasteiger partial charge on any atom is 0.00972 e. The van der Waals surface area contributed by atoms with Crippen molar-refractivity contribution in [3.8, 4) is 0 Å². The Morgan fingerprint density at radius 2 is 0.889 bits per heavy atom. The van der Waals surface area contributed by atoms with Gasteiger partial charge in [-0.3, -0.25) is 0 Å². The second-order valence-corrected chi connectivity index (χ2v) is 5.03. The van der Waals surface area contributed by atoms with Crippen LogP contribution in [-0.4, -0.2) is 57.4 Å². The topological polar surface area (TPSA) is 114 Å². The minimum Gasteiger partial charge on any atom is -0.329 e. The van der Waals surface area contributed by atoms with Crippen molar-refractivity contribution >= 4 is 0 Å². The van der Waals surface area contributed by atoms with Gasteiger partial charge in [-0.25, -0.2) is 0 Å². The molecule has 9 N–H and O–H groups in total. The van der Waals surface area contributed by atoms with Gasteiger partial charge in [0.1, 0.15) is 0 Å². The van der Waals surface area contributed by atoms with E-state index in [-0.39, 0.29) is 0 Å². The highest BCUT2D eigenvalue weighted by Gasteiger charge is 2.27. The van der Waals surface area contributed by atoms with Crippen molar-refractivity contribution in [1.82, 2.24) is 16.0 Å². The highest BCUT2D eigenvalue weighted by atomic mass is 15.0. The van der Waals surface area contributed by atoms with E-state index < -0.39 is 0 Å². The molecule has 0 unspecified atom stereocenters. The van der Waals surface area contributed by atoms with Crippen LogP contribution in [0.2, 0.25) is 0 Å². The van der Waals surface area contributed by atoms with Gasteiger partial charge in [0.25, 0.3) is 0 Å². The molecular formula is C12H30N6. The highest BCUT2D eigenvalue weighted by Crippen LogP contribution is 2.19. The zero-order chi connectivity index (χ0) is 13.2. The van der Waals surface area contributed by atoms with Gasteiger partial charge in [-0.1, -0.05) is 0 Å². The molecular weight excluding hydrogens is 228 g/mol. The number of hydrogen-bond acceptors (Lipinski definition) is 6. The van der Waals surface area contributed by atoms with Crippen LogP contribution in [0.5, 0.6) is 0 Å². The molecule has 0 saturated heterocycles. The van der Waals surface area contributed by atoms with Crippen molar-refractivity contribution in [2.75, 3.05) is 39.3 Å². The predicted molar refractivity (Wildman–Crippen MR) is 76.4 cm³/mol. The molecule has 0 heterocycles. The molecule has 6 heteroatoms. The third-order valence-electron chi connectivity index (χ3n) is 3.44. The van der Waals surface area contributed by atoms with Gasteiger partial charge in [0.05, 0.1) is 0 Å². The lowest BCUT2D eigenvalue weighted by Crippen LogP contribution is -2.52. The molecule has 0 radical (unpaired) electrons. The molecule has 0 atom stereocenters. The van der Waals surface area contributed by atoms with Gasteiger partial charge in [-0.05, 0) is 19.3 Å². The van der Waals surface area contributed by atoms with Gasteiger partial charge < -0.3 is 33.2 Å². The molecule has 0 aliphatic heterocycles. The lowest BCUT2D eigenvalue weighted by molar-refractivity contribution is 0.253. The fraction of sp³-hybridized carbons (Fsp3) is 1.00. The second kappa shape index (κ2) is 9.66. The van der Waals surface area contributed by atoms with Crippen LogP contribution in [0.4, 0.5) is 0 Å². The normalized spacial score (nSPS) is 28.5. The smallest absolute Gasteiger partial charge is 0.00972 e. The second-order valence-electron chi connectivity index (χ2n) is 5.03. The summed E-state index contributed by atoms with van der Waals surface area (Å²) >= 11 is 0. The van der Waals surface area contributed by atoms with E-state index in [4.69, 9.17) is 17.2 Å². The largest absolute Gasteiger partial charge is 0.329 e. The standard InChI is InChI=1S/C12H30N6/c13-1-4-16-10-7-11(17-5-2-14)9-12(8-10)18-6-3-15/h10-12,16-18H,1-9,13-15H2. The van der Waals surface area contributed by atoms with Gasteiger partial charge in [-0.15, -0.1) is 0 Å². The Kier molecular flexibility index (Phi) is 8.49. The number of hydrogen-bond donors (Lipinski definition) is 6. The summed E-state index contributed by atoms with van der Waals surface area (Å²) in [5.41, 5.74) is 16.6. The molecule has 0 aromatic carbocycles. The lowest BCUT2D eigenvalue weighted by Gasteiger charge is -2.36. The van der Waals surface area contributed by atoms with E-state index in [9.17, 15) is 0 Å². The summed E-state index contributed by atoms with van der Waals surface area (Å²) in [7, 11) is 0. The van der Waals surface area contributed by atoms with Crippen LogP contribution in [0.3, 0.4) is 0 Å². The van der Waals surface area contributed by atoms with Crippen LogP contribution in [0.25, 0.3) is 0 Å². The van der Waals surface area contributed by atoms with E-state index in [0.717, 1.165) is 38.9 Å². The van der Waals surface area contributed by atoms with Crippen molar-refractivity contribution in [3.05, 3.63) is 0 Å².